The highest BCUT2D eigenvalue weighted by Crippen LogP contribution is 2.60. The maximum atomic E-state index is 11.9. The van der Waals surface area contributed by atoms with Crippen LogP contribution in [-0.4, -0.2) is 32.4 Å². The summed E-state index contributed by atoms with van der Waals surface area (Å²) in [7, 11) is 2.58. The van der Waals surface area contributed by atoms with Gasteiger partial charge in [0.1, 0.15) is 0 Å². The molecule has 4 nitrogen and oxygen atoms in total. The molecule has 0 aromatic heterocycles. The summed E-state index contributed by atoms with van der Waals surface area (Å²) in [6.07, 6.45) is 2.45. The lowest BCUT2D eigenvalue weighted by Crippen LogP contribution is -2.30. The number of rotatable bonds is 4. The van der Waals surface area contributed by atoms with Crippen molar-refractivity contribution in [2.75, 3.05) is 20.5 Å². The van der Waals surface area contributed by atoms with Crippen molar-refractivity contribution in [2.24, 2.45) is 5.41 Å². The van der Waals surface area contributed by atoms with Crippen LogP contribution >= 0.6 is 11.8 Å². The number of benzene rings is 1. The van der Waals surface area contributed by atoms with Crippen LogP contribution in [0.4, 0.5) is 0 Å². The fourth-order valence-electron chi connectivity index (χ4n) is 2.40. The van der Waals surface area contributed by atoms with Crippen molar-refractivity contribution in [3.05, 3.63) is 29.8 Å². The molecule has 0 bridgehead atoms. The average Bonchev–Trinajstić information content (AvgIpc) is 3.22. The lowest BCUT2D eigenvalue weighted by Gasteiger charge is -2.12. The number of carbonyl (C=O) groups is 2. The summed E-state index contributed by atoms with van der Waals surface area (Å²) < 4.78 is 9.51. The molecule has 0 spiro atoms. The lowest BCUT2D eigenvalue weighted by atomic mass is 9.99. The Morgan fingerprint density at radius 2 is 1.68 bits per heavy atom. The second-order valence-corrected chi connectivity index (χ2v) is 5.36. The van der Waals surface area contributed by atoms with Crippen LogP contribution in [0.3, 0.4) is 0 Å². The summed E-state index contributed by atoms with van der Waals surface area (Å²) in [5.41, 5.74) is -0.182. The van der Waals surface area contributed by atoms with Crippen molar-refractivity contribution in [2.45, 2.75) is 17.2 Å². The van der Waals surface area contributed by atoms with Crippen LogP contribution in [0.2, 0.25) is 0 Å². The smallest absolute Gasteiger partial charge is 0.323 e. The monoisotopic (exact) mass is 280 g/mol. The molecule has 1 saturated carbocycles. The molecule has 1 fully saturated rings. The van der Waals surface area contributed by atoms with Crippen LogP contribution in [0, 0.1) is 5.41 Å². The Kier molecular flexibility index (Phi) is 3.85. The van der Waals surface area contributed by atoms with E-state index in [1.165, 1.54) is 14.2 Å². The quantitative estimate of drug-likeness (QED) is 0.481. The molecule has 1 aliphatic carbocycles. The zero-order valence-electron chi connectivity index (χ0n) is 11.1. The summed E-state index contributed by atoms with van der Waals surface area (Å²) in [4.78, 5) is 24.9. The first-order chi connectivity index (χ1) is 9.09. The summed E-state index contributed by atoms with van der Waals surface area (Å²) in [5.74, 6) is -1.18. The SMILES string of the molecule is COC(=O)C1(C(=O)OC)CC1c1ccc(SC)cc1. The van der Waals surface area contributed by atoms with Gasteiger partial charge in [-0.15, -0.1) is 11.8 Å². The molecule has 19 heavy (non-hydrogen) atoms. The highest BCUT2D eigenvalue weighted by Gasteiger charge is 2.68. The van der Waals surface area contributed by atoms with E-state index in [4.69, 9.17) is 9.47 Å². The van der Waals surface area contributed by atoms with Gasteiger partial charge < -0.3 is 9.47 Å². The van der Waals surface area contributed by atoms with Gasteiger partial charge in [-0.1, -0.05) is 12.1 Å². The maximum absolute atomic E-state index is 11.9. The number of esters is 2. The normalized spacial score (nSPS) is 19.6. The Bertz CT molecular complexity index is 479. The molecule has 2 rings (SSSR count). The molecule has 1 aromatic rings. The van der Waals surface area contributed by atoms with Gasteiger partial charge in [0.25, 0.3) is 0 Å². The van der Waals surface area contributed by atoms with Crippen molar-refractivity contribution in [1.82, 2.24) is 0 Å². The molecule has 0 saturated heterocycles. The van der Waals surface area contributed by atoms with Gasteiger partial charge in [0.15, 0.2) is 5.41 Å². The minimum Gasteiger partial charge on any atom is -0.468 e. The van der Waals surface area contributed by atoms with E-state index in [0.29, 0.717) is 6.42 Å². The molecule has 0 aliphatic heterocycles. The second-order valence-electron chi connectivity index (χ2n) is 4.48. The largest absolute Gasteiger partial charge is 0.468 e. The topological polar surface area (TPSA) is 52.6 Å². The molecule has 0 heterocycles. The van der Waals surface area contributed by atoms with Crippen LogP contribution in [0.5, 0.6) is 0 Å². The van der Waals surface area contributed by atoms with Crippen molar-refractivity contribution in [3.8, 4) is 0 Å². The second kappa shape index (κ2) is 5.25. The average molecular weight is 280 g/mol. The van der Waals surface area contributed by atoms with E-state index < -0.39 is 17.4 Å². The van der Waals surface area contributed by atoms with Gasteiger partial charge in [-0.3, -0.25) is 9.59 Å². The summed E-state index contributed by atoms with van der Waals surface area (Å²) >= 11 is 1.65. The van der Waals surface area contributed by atoms with Gasteiger partial charge in [0, 0.05) is 10.8 Å². The molecule has 0 radical (unpaired) electrons. The standard InChI is InChI=1S/C14H16O4S/c1-17-12(15)14(13(16)18-2)8-11(14)9-4-6-10(19-3)7-5-9/h4-7,11H,8H2,1-3H3. The van der Waals surface area contributed by atoms with E-state index in [1.807, 2.05) is 30.5 Å². The van der Waals surface area contributed by atoms with Gasteiger partial charge in [0.2, 0.25) is 0 Å². The third-order valence-electron chi connectivity index (χ3n) is 3.58. The van der Waals surface area contributed by atoms with Crippen molar-refractivity contribution in [3.63, 3.8) is 0 Å². The van der Waals surface area contributed by atoms with E-state index in [1.54, 1.807) is 11.8 Å². The van der Waals surface area contributed by atoms with E-state index in [0.717, 1.165) is 10.5 Å². The molecule has 102 valence electrons. The van der Waals surface area contributed by atoms with E-state index in [9.17, 15) is 9.59 Å². The molecular formula is C14H16O4S. The number of hydrogen-bond acceptors (Lipinski definition) is 5. The molecule has 1 aromatic carbocycles. The summed E-state index contributed by atoms with van der Waals surface area (Å²) in [5, 5.41) is 0. The van der Waals surface area contributed by atoms with Crippen LogP contribution in [0.15, 0.2) is 29.2 Å². The van der Waals surface area contributed by atoms with Gasteiger partial charge in [-0.05, 0) is 30.4 Å². The molecule has 1 unspecified atom stereocenters. The van der Waals surface area contributed by atoms with Crippen molar-refractivity contribution >= 4 is 23.7 Å². The molecule has 0 N–H and O–H groups in total. The number of thioether (sulfide) groups is 1. The first-order valence-corrected chi connectivity index (χ1v) is 7.13. The van der Waals surface area contributed by atoms with Crippen molar-refractivity contribution < 1.29 is 19.1 Å². The molecule has 1 atom stereocenters. The number of hydrogen-bond donors (Lipinski definition) is 0. The first kappa shape index (κ1) is 13.9. The number of ether oxygens (including phenoxy) is 2. The van der Waals surface area contributed by atoms with Gasteiger partial charge in [-0.25, -0.2) is 0 Å². The summed E-state index contributed by atoms with van der Waals surface area (Å²) in [6, 6.07) is 7.86. The maximum Gasteiger partial charge on any atom is 0.323 e. The minimum atomic E-state index is -1.15. The van der Waals surface area contributed by atoms with Crippen LogP contribution in [0.25, 0.3) is 0 Å². The minimum absolute atomic E-state index is 0.150. The third-order valence-corrected chi connectivity index (χ3v) is 4.32. The highest BCUT2D eigenvalue weighted by molar-refractivity contribution is 7.98. The van der Waals surface area contributed by atoms with Crippen LogP contribution in [-0.2, 0) is 19.1 Å². The van der Waals surface area contributed by atoms with E-state index in [2.05, 4.69) is 0 Å². The predicted octanol–water partition coefficient (Wildman–Crippen LogP) is 2.23. The Labute approximate surface area is 116 Å². The zero-order valence-corrected chi connectivity index (χ0v) is 12.0. The Balaban J connectivity index is 2.27. The number of methoxy groups -OCH3 is 2. The van der Waals surface area contributed by atoms with E-state index in [-0.39, 0.29) is 5.92 Å². The van der Waals surface area contributed by atoms with Crippen LogP contribution in [0.1, 0.15) is 17.9 Å². The Morgan fingerprint density at radius 3 is 2.11 bits per heavy atom. The zero-order chi connectivity index (χ0) is 14.0. The lowest BCUT2D eigenvalue weighted by molar-refractivity contribution is -0.161. The van der Waals surface area contributed by atoms with Gasteiger partial charge in [0.05, 0.1) is 14.2 Å². The Morgan fingerprint density at radius 1 is 1.16 bits per heavy atom. The van der Waals surface area contributed by atoms with E-state index >= 15 is 0 Å². The van der Waals surface area contributed by atoms with Crippen molar-refractivity contribution in [1.29, 1.82) is 0 Å². The predicted molar refractivity (Wildman–Crippen MR) is 72.0 cm³/mol. The number of carbonyl (C=O) groups excluding carboxylic acids is 2. The summed E-state index contributed by atoms with van der Waals surface area (Å²) in [6.45, 7) is 0. The molecule has 0 amide bonds. The fraction of sp³-hybridized carbons (Fsp3) is 0.429. The highest BCUT2D eigenvalue weighted by atomic mass is 32.2. The van der Waals surface area contributed by atoms with Gasteiger partial charge >= 0.3 is 11.9 Å². The fourth-order valence-corrected chi connectivity index (χ4v) is 2.81. The molecule has 5 heteroatoms. The molecule has 1 aliphatic rings. The third kappa shape index (κ3) is 2.23. The first-order valence-electron chi connectivity index (χ1n) is 5.91. The molecular weight excluding hydrogens is 264 g/mol. The Hall–Kier alpha value is -1.49. The van der Waals surface area contributed by atoms with Gasteiger partial charge in [-0.2, -0.15) is 0 Å². The van der Waals surface area contributed by atoms with Crippen LogP contribution < -0.4 is 0 Å².